The first-order valence-electron chi connectivity index (χ1n) is 7.47. The third kappa shape index (κ3) is 5.25. The number of piperidine rings is 1. The minimum absolute atomic E-state index is 0.375. The first-order valence-corrected chi connectivity index (χ1v) is 7.47. The van der Waals surface area contributed by atoms with Gasteiger partial charge in [-0.25, -0.2) is 0 Å². The summed E-state index contributed by atoms with van der Waals surface area (Å²) in [5.41, 5.74) is 0.375. The van der Waals surface area contributed by atoms with Crippen molar-refractivity contribution in [2.24, 2.45) is 5.41 Å². The fraction of sp³-hybridized carbons (Fsp3) is 1.00. The van der Waals surface area contributed by atoms with Crippen LogP contribution in [-0.4, -0.2) is 50.3 Å². The standard InChI is InChI=1S/C15H32N2O/c1-6-15(4,11-16-13(2)3)12-17-9-7-8-14(10-17)18-5/h13-14,16H,6-12H2,1-5H3. The number of hydrogen-bond acceptors (Lipinski definition) is 3. The number of nitrogens with one attached hydrogen (secondary N) is 1. The van der Waals surface area contributed by atoms with Crippen LogP contribution in [0.4, 0.5) is 0 Å². The molecule has 1 N–H and O–H groups in total. The van der Waals surface area contributed by atoms with E-state index in [1.165, 1.54) is 32.4 Å². The SMILES string of the molecule is CCC(C)(CNC(C)C)CN1CCCC(OC)C1. The lowest BCUT2D eigenvalue weighted by atomic mass is 9.86. The van der Waals surface area contributed by atoms with Gasteiger partial charge >= 0.3 is 0 Å². The molecule has 18 heavy (non-hydrogen) atoms. The normalized spacial score (nSPS) is 25.3. The van der Waals surface area contributed by atoms with Crippen LogP contribution in [0.3, 0.4) is 0 Å². The Morgan fingerprint density at radius 1 is 1.44 bits per heavy atom. The van der Waals surface area contributed by atoms with E-state index in [0.717, 1.165) is 13.1 Å². The summed E-state index contributed by atoms with van der Waals surface area (Å²) in [5, 5.41) is 3.59. The molecule has 0 aromatic carbocycles. The molecule has 2 atom stereocenters. The van der Waals surface area contributed by atoms with Crippen LogP contribution in [0.2, 0.25) is 0 Å². The Morgan fingerprint density at radius 3 is 2.72 bits per heavy atom. The van der Waals surface area contributed by atoms with Gasteiger partial charge in [0.05, 0.1) is 6.10 Å². The Labute approximate surface area is 113 Å². The van der Waals surface area contributed by atoms with Crippen LogP contribution in [-0.2, 0) is 4.74 Å². The number of hydrogen-bond donors (Lipinski definition) is 1. The molecule has 0 spiro atoms. The molecule has 0 radical (unpaired) electrons. The molecule has 0 bridgehead atoms. The zero-order valence-corrected chi connectivity index (χ0v) is 13.0. The van der Waals surface area contributed by atoms with Gasteiger partial charge in [-0.2, -0.15) is 0 Å². The van der Waals surface area contributed by atoms with Crippen molar-refractivity contribution in [3.05, 3.63) is 0 Å². The van der Waals surface area contributed by atoms with Gasteiger partial charge in [0.25, 0.3) is 0 Å². The number of rotatable bonds is 7. The highest BCUT2D eigenvalue weighted by molar-refractivity contribution is 4.83. The molecule has 1 heterocycles. The molecule has 1 rings (SSSR count). The summed E-state index contributed by atoms with van der Waals surface area (Å²) in [6.45, 7) is 13.8. The van der Waals surface area contributed by atoms with Crippen molar-refractivity contribution in [2.45, 2.75) is 59.1 Å². The molecule has 3 nitrogen and oxygen atoms in total. The van der Waals surface area contributed by atoms with Crippen molar-refractivity contribution in [1.82, 2.24) is 10.2 Å². The zero-order chi connectivity index (χ0) is 13.6. The van der Waals surface area contributed by atoms with E-state index >= 15 is 0 Å². The van der Waals surface area contributed by atoms with E-state index in [-0.39, 0.29) is 0 Å². The second-order valence-corrected chi connectivity index (χ2v) is 6.43. The summed E-state index contributed by atoms with van der Waals surface area (Å²) >= 11 is 0. The van der Waals surface area contributed by atoms with Crippen molar-refractivity contribution in [3.8, 4) is 0 Å². The Kier molecular flexibility index (Phi) is 6.61. The van der Waals surface area contributed by atoms with Crippen LogP contribution < -0.4 is 5.32 Å². The lowest BCUT2D eigenvalue weighted by Gasteiger charge is -2.39. The van der Waals surface area contributed by atoms with Crippen molar-refractivity contribution in [3.63, 3.8) is 0 Å². The van der Waals surface area contributed by atoms with Gasteiger partial charge in [-0.3, -0.25) is 0 Å². The molecule has 1 aliphatic heterocycles. The Hall–Kier alpha value is -0.120. The molecule has 0 saturated carbocycles. The maximum Gasteiger partial charge on any atom is 0.0698 e. The summed E-state index contributed by atoms with van der Waals surface area (Å²) in [7, 11) is 1.84. The number of ether oxygens (including phenoxy) is 1. The smallest absolute Gasteiger partial charge is 0.0698 e. The highest BCUT2D eigenvalue weighted by Gasteiger charge is 2.28. The van der Waals surface area contributed by atoms with E-state index in [9.17, 15) is 0 Å². The van der Waals surface area contributed by atoms with Gasteiger partial charge in [0.15, 0.2) is 0 Å². The predicted octanol–water partition coefficient (Wildman–Crippen LogP) is 2.51. The largest absolute Gasteiger partial charge is 0.380 e. The Morgan fingerprint density at radius 2 is 2.17 bits per heavy atom. The monoisotopic (exact) mass is 256 g/mol. The summed E-state index contributed by atoms with van der Waals surface area (Å²) in [6, 6.07) is 0.573. The number of likely N-dealkylation sites (tertiary alicyclic amines) is 1. The molecule has 0 aromatic rings. The molecule has 3 heteroatoms. The van der Waals surface area contributed by atoms with Crippen molar-refractivity contribution in [1.29, 1.82) is 0 Å². The highest BCUT2D eigenvalue weighted by atomic mass is 16.5. The maximum atomic E-state index is 5.51. The van der Waals surface area contributed by atoms with Crippen molar-refractivity contribution < 1.29 is 4.74 Å². The van der Waals surface area contributed by atoms with Crippen LogP contribution in [0.15, 0.2) is 0 Å². The molecular weight excluding hydrogens is 224 g/mol. The minimum atomic E-state index is 0.375. The van der Waals surface area contributed by atoms with Crippen molar-refractivity contribution >= 4 is 0 Å². The van der Waals surface area contributed by atoms with Crippen LogP contribution in [0, 0.1) is 5.41 Å². The molecule has 0 aromatic heterocycles. The fourth-order valence-electron chi connectivity index (χ4n) is 2.63. The Balaban J connectivity index is 2.45. The van der Waals surface area contributed by atoms with Gasteiger partial charge in [0, 0.05) is 32.8 Å². The van der Waals surface area contributed by atoms with Crippen molar-refractivity contribution in [2.75, 3.05) is 33.3 Å². The molecule has 0 amide bonds. The van der Waals surface area contributed by atoms with Crippen LogP contribution in [0.1, 0.15) is 47.0 Å². The molecule has 1 saturated heterocycles. The van der Waals surface area contributed by atoms with Gasteiger partial charge < -0.3 is 15.0 Å². The van der Waals surface area contributed by atoms with Crippen LogP contribution in [0.25, 0.3) is 0 Å². The zero-order valence-electron chi connectivity index (χ0n) is 13.0. The molecule has 2 unspecified atom stereocenters. The predicted molar refractivity (Wildman–Crippen MR) is 78.0 cm³/mol. The van der Waals surface area contributed by atoms with Crippen LogP contribution in [0.5, 0.6) is 0 Å². The highest BCUT2D eigenvalue weighted by Crippen LogP contribution is 2.24. The van der Waals surface area contributed by atoms with E-state index < -0.39 is 0 Å². The van der Waals surface area contributed by atoms with Gasteiger partial charge in [-0.05, 0) is 31.2 Å². The minimum Gasteiger partial charge on any atom is -0.380 e. The molecule has 0 aliphatic carbocycles. The summed E-state index contributed by atoms with van der Waals surface area (Å²) in [5.74, 6) is 0. The quantitative estimate of drug-likeness (QED) is 0.757. The lowest BCUT2D eigenvalue weighted by molar-refractivity contribution is 0.0154. The molecular formula is C15H32N2O. The first kappa shape index (κ1) is 15.9. The molecule has 108 valence electrons. The van der Waals surface area contributed by atoms with E-state index in [2.05, 4.69) is 37.9 Å². The topological polar surface area (TPSA) is 24.5 Å². The van der Waals surface area contributed by atoms with E-state index in [1.807, 2.05) is 7.11 Å². The van der Waals surface area contributed by atoms with Crippen LogP contribution >= 0.6 is 0 Å². The summed E-state index contributed by atoms with van der Waals surface area (Å²) in [4.78, 5) is 2.59. The van der Waals surface area contributed by atoms with E-state index in [1.54, 1.807) is 0 Å². The fourth-order valence-corrected chi connectivity index (χ4v) is 2.63. The maximum absolute atomic E-state index is 5.51. The number of methoxy groups -OCH3 is 1. The second-order valence-electron chi connectivity index (χ2n) is 6.43. The average molecular weight is 256 g/mol. The van der Waals surface area contributed by atoms with Gasteiger partial charge in [-0.1, -0.05) is 27.7 Å². The summed E-state index contributed by atoms with van der Waals surface area (Å²) < 4.78 is 5.51. The summed E-state index contributed by atoms with van der Waals surface area (Å²) in [6.07, 6.45) is 4.16. The average Bonchev–Trinajstić information content (AvgIpc) is 2.36. The Bertz CT molecular complexity index is 233. The van der Waals surface area contributed by atoms with Gasteiger partial charge in [0.1, 0.15) is 0 Å². The second kappa shape index (κ2) is 7.46. The van der Waals surface area contributed by atoms with Gasteiger partial charge in [-0.15, -0.1) is 0 Å². The van der Waals surface area contributed by atoms with E-state index in [0.29, 0.717) is 17.6 Å². The third-order valence-corrected chi connectivity index (χ3v) is 4.19. The number of nitrogens with zero attached hydrogens (tertiary/aromatic N) is 1. The lowest BCUT2D eigenvalue weighted by Crippen LogP contribution is -2.48. The van der Waals surface area contributed by atoms with E-state index in [4.69, 9.17) is 4.74 Å². The molecule has 1 fully saturated rings. The first-order chi connectivity index (χ1) is 8.49. The van der Waals surface area contributed by atoms with Gasteiger partial charge in [0.2, 0.25) is 0 Å². The molecule has 1 aliphatic rings. The third-order valence-electron chi connectivity index (χ3n) is 4.19.